The van der Waals surface area contributed by atoms with Crippen molar-refractivity contribution in [2.24, 2.45) is 0 Å². The highest BCUT2D eigenvalue weighted by Crippen LogP contribution is 2.21. The first-order chi connectivity index (χ1) is 10.1. The molecule has 0 radical (unpaired) electrons. The van der Waals surface area contributed by atoms with E-state index in [0.29, 0.717) is 10.8 Å². The Kier molecular flexibility index (Phi) is 3.50. The van der Waals surface area contributed by atoms with E-state index in [1.54, 1.807) is 16.8 Å². The third-order valence-corrected chi connectivity index (χ3v) is 3.19. The van der Waals surface area contributed by atoms with Crippen molar-refractivity contribution in [3.63, 3.8) is 0 Å². The van der Waals surface area contributed by atoms with Gasteiger partial charge in [-0.2, -0.15) is 5.10 Å². The van der Waals surface area contributed by atoms with Crippen molar-refractivity contribution >= 4 is 23.2 Å². The number of hydrogen-bond donors (Lipinski definition) is 2. The molecule has 0 fully saturated rings. The Morgan fingerprint density at radius 1 is 1.19 bits per heavy atom. The molecule has 0 aliphatic carbocycles. The predicted octanol–water partition coefficient (Wildman–Crippen LogP) is 3.27. The van der Waals surface area contributed by atoms with Gasteiger partial charge in [0.15, 0.2) is 0 Å². The Hall–Kier alpha value is -2.53. The number of nitrogens with zero attached hydrogens (tertiary/aromatic N) is 2. The van der Waals surface area contributed by atoms with E-state index in [0.717, 1.165) is 17.2 Å². The molecular weight excluding hydrogens is 288 g/mol. The summed E-state index contributed by atoms with van der Waals surface area (Å²) in [6, 6.07) is 14.2. The molecule has 0 spiro atoms. The van der Waals surface area contributed by atoms with Gasteiger partial charge >= 0.3 is 0 Å². The van der Waals surface area contributed by atoms with Gasteiger partial charge in [-0.3, -0.25) is 4.79 Å². The Morgan fingerprint density at radius 3 is 2.67 bits per heavy atom. The van der Waals surface area contributed by atoms with Gasteiger partial charge in [-0.25, -0.2) is 4.68 Å². The molecule has 106 valence electrons. The minimum Gasteiger partial charge on any atom is -0.326 e. The number of aromatic nitrogens is 3. The number of aryl methyl sites for hydroxylation is 1. The molecule has 0 bridgehead atoms. The van der Waals surface area contributed by atoms with E-state index in [2.05, 4.69) is 15.4 Å². The molecule has 5 nitrogen and oxygen atoms in total. The van der Waals surface area contributed by atoms with Crippen LogP contribution in [-0.2, 0) is 0 Å². The summed E-state index contributed by atoms with van der Waals surface area (Å²) < 4.78 is 1.76. The number of halogens is 1. The molecule has 3 aromatic rings. The Bertz CT molecular complexity index is 820. The smallest absolute Gasteiger partial charge is 0.249 e. The molecule has 3 rings (SSSR count). The number of pyridine rings is 1. The van der Waals surface area contributed by atoms with Gasteiger partial charge in [-0.1, -0.05) is 17.7 Å². The van der Waals surface area contributed by atoms with E-state index >= 15 is 0 Å². The van der Waals surface area contributed by atoms with Crippen LogP contribution in [0.15, 0.2) is 53.3 Å². The number of hydrogen-bond acceptors (Lipinski definition) is 3. The van der Waals surface area contributed by atoms with Crippen LogP contribution >= 0.6 is 11.6 Å². The monoisotopic (exact) mass is 300 g/mol. The van der Waals surface area contributed by atoms with Crippen LogP contribution in [0.5, 0.6) is 0 Å². The maximum Gasteiger partial charge on any atom is 0.249 e. The third kappa shape index (κ3) is 2.98. The molecule has 2 aromatic heterocycles. The summed E-state index contributed by atoms with van der Waals surface area (Å²) in [6.45, 7) is 1.91. The summed E-state index contributed by atoms with van der Waals surface area (Å²) in [5.74, 6) is 1.37. The molecule has 0 atom stereocenters. The van der Waals surface area contributed by atoms with Crippen molar-refractivity contribution in [3.8, 4) is 5.69 Å². The summed E-state index contributed by atoms with van der Waals surface area (Å²) >= 11 is 5.91. The van der Waals surface area contributed by atoms with Crippen molar-refractivity contribution < 1.29 is 0 Å². The van der Waals surface area contributed by atoms with Crippen LogP contribution in [0.25, 0.3) is 5.69 Å². The summed E-state index contributed by atoms with van der Waals surface area (Å²) in [5, 5.41) is 8.28. The predicted molar refractivity (Wildman–Crippen MR) is 83.7 cm³/mol. The minimum atomic E-state index is -0.158. The van der Waals surface area contributed by atoms with E-state index in [1.807, 2.05) is 37.3 Å². The molecule has 2 heterocycles. The number of H-pyrrole nitrogens is 1. The molecule has 0 saturated heterocycles. The maximum absolute atomic E-state index is 11.3. The van der Waals surface area contributed by atoms with Gasteiger partial charge in [0.25, 0.3) is 0 Å². The lowest BCUT2D eigenvalue weighted by atomic mass is 10.3. The van der Waals surface area contributed by atoms with Crippen molar-refractivity contribution in [1.29, 1.82) is 0 Å². The molecule has 0 aliphatic rings. The molecule has 0 aliphatic heterocycles. The third-order valence-electron chi connectivity index (χ3n) is 2.93. The van der Waals surface area contributed by atoms with Crippen LogP contribution in [0.4, 0.5) is 11.6 Å². The highest BCUT2D eigenvalue weighted by atomic mass is 35.5. The number of anilines is 2. The fraction of sp³-hybridized carbons (Fsp3) is 0.0667. The van der Waals surface area contributed by atoms with Crippen molar-refractivity contribution in [3.05, 3.63) is 69.6 Å². The zero-order valence-corrected chi connectivity index (χ0v) is 12.1. The van der Waals surface area contributed by atoms with E-state index in [9.17, 15) is 4.79 Å². The minimum absolute atomic E-state index is 0.158. The SMILES string of the molecule is Cc1cc(Nc2cccc(=O)[nH]2)n(-c2ccc(Cl)cc2)n1. The topological polar surface area (TPSA) is 62.7 Å². The molecule has 0 unspecified atom stereocenters. The standard InChI is InChI=1S/C15H13ClN4O/c1-10-9-14(17-13-3-2-4-15(21)18-13)20(19-10)12-7-5-11(16)6-8-12/h2-9H,1H3,(H2,17,18,21). The lowest BCUT2D eigenvalue weighted by molar-refractivity contribution is 0.868. The number of rotatable bonds is 3. The largest absolute Gasteiger partial charge is 0.326 e. The van der Waals surface area contributed by atoms with Crippen LogP contribution in [0, 0.1) is 6.92 Å². The molecule has 0 saturated carbocycles. The van der Waals surface area contributed by atoms with Gasteiger partial charge in [0.2, 0.25) is 5.56 Å². The molecule has 1 aromatic carbocycles. The summed E-state index contributed by atoms with van der Waals surface area (Å²) in [4.78, 5) is 14.1. The molecule has 6 heteroatoms. The zero-order valence-electron chi connectivity index (χ0n) is 11.3. The average Bonchev–Trinajstić information content (AvgIpc) is 2.80. The van der Waals surface area contributed by atoms with Crippen LogP contribution in [0.2, 0.25) is 5.02 Å². The second-order valence-electron chi connectivity index (χ2n) is 4.61. The zero-order chi connectivity index (χ0) is 14.8. The second kappa shape index (κ2) is 5.46. The van der Waals surface area contributed by atoms with Gasteiger partial charge in [-0.05, 0) is 37.3 Å². The first-order valence-electron chi connectivity index (χ1n) is 6.41. The van der Waals surface area contributed by atoms with Gasteiger partial charge in [0.1, 0.15) is 11.6 Å². The van der Waals surface area contributed by atoms with Crippen molar-refractivity contribution in [2.75, 3.05) is 5.32 Å². The Morgan fingerprint density at radius 2 is 1.95 bits per heavy atom. The first-order valence-corrected chi connectivity index (χ1v) is 6.78. The summed E-state index contributed by atoms with van der Waals surface area (Å²) in [5.41, 5.74) is 1.59. The number of nitrogens with one attached hydrogen (secondary N) is 2. The summed E-state index contributed by atoms with van der Waals surface area (Å²) in [6.07, 6.45) is 0. The number of benzene rings is 1. The van der Waals surface area contributed by atoms with Crippen LogP contribution < -0.4 is 10.9 Å². The van der Waals surface area contributed by atoms with E-state index in [4.69, 9.17) is 11.6 Å². The lowest BCUT2D eigenvalue weighted by Gasteiger charge is -2.09. The van der Waals surface area contributed by atoms with Gasteiger partial charge < -0.3 is 10.3 Å². The molecule has 0 amide bonds. The highest BCUT2D eigenvalue weighted by Gasteiger charge is 2.08. The second-order valence-corrected chi connectivity index (χ2v) is 5.05. The molecule has 21 heavy (non-hydrogen) atoms. The molecular formula is C15H13ClN4O. The molecule has 2 N–H and O–H groups in total. The Labute approximate surface area is 126 Å². The van der Waals surface area contributed by atoms with Gasteiger partial charge in [-0.15, -0.1) is 0 Å². The number of aromatic amines is 1. The van der Waals surface area contributed by atoms with Gasteiger partial charge in [0, 0.05) is 17.2 Å². The van der Waals surface area contributed by atoms with Gasteiger partial charge in [0.05, 0.1) is 11.4 Å². The van der Waals surface area contributed by atoms with Crippen LogP contribution in [0.1, 0.15) is 5.69 Å². The first kappa shape index (κ1) is 13.5. The fourth-order valence-corrected chi connectivity index (χ4v) is 2.15. The highest BCUT2D eigenvalue weighted by molar-refractivity contribution is 6.30. The van der Waals surface area contributed by atoms with E-state index in [-0.39, 0.29) is 5.56 Å². The fourth-order valence-electron chi connectivity index (χ4n) is 2.03. The van der Waals surface area contributed by atoms with E-state index in [1.165, 1.54) is 6.07 Å². The van der Waals surface area contributed by atoms with Crippen molar-refractivity contribution in [2.45, 2.75) is 6.92 Å². The normalized spacial score (nSPS) is 10.6. The Balaban J connectivity index is 1.99. The van der Waals surface area contributed by atoms with Crippen LogP contribution in [-0.4, -0.2) is 14.8 Å². The quantitative estimate of drug-likeness (QED) is 0.780. The van der Waals surface area contributed by atoms with E-state index < -0.39 is 0 Å². The van der Waals surface area contributed by atoms with Crippen molar-refractivity contribution in [1.82, 2.24) is 14.8 Å². The summed E-state index contributed by atoms with van der Waals surface area (Å²) in [7, 11) is 0. The maximum atomic E-state index is 11.3. The lowest BCUT2D eigenvalue weighted by Crippen LogP contribution is -2.08. The average molecular weight is 301 g/mol. The van der Waals surface area contributed by atoms with Crippen LogP contribution in [0.3, 0.4) is 0 Å².